The highest BCUT2D eigenvalue weighted by molar-refractivity contribution is 5.92. The number of aliphatic imine (C=N–C) groups is 1. The van der Waals surface area contributed by atoms with Crippen LogP contribution in [0.1, 0.15) is 18.3 Å². The zero-order chi connectivity index (χ0) is 13.7. The van der Waals surface area contributed by atoms with Crippen molar-refractivity contribution in [2.75, 3.05) is 5.32 Å². The van der Waals surface area contributed by atoms with Gasteiger partial charge in [-0.1, -0.05) is 12.1 Å². The van der Waals surface area contributed by atoms with Crippen molar-refractivity contribution in [3.8, 4) is 0 Å². The maximum absolute atomic E-state index is 5.87. The standard InChI is InChI=1S/C14H19N5/c1-3-19-8-7-16-13(19)10-17-14(15)18-12-6-4-5-11(2)9-12/h4-9H,3,10H2,1-2H3,(H3,15,17,18). The number of hydrogen-bond acceptors (Lipinski definition) is 2. The number of aromatic nitrogens is 2. The molecule has 1 heterocycles. The van der Waals surface area contributed by atoms with E-state index in [1.54, 1.807) is 6.20 Å². The Morgan fingerprint density at radius 2 is 2.32 bits per heavy atom. The predicted molar refractivity (Wildman–Crippen MR) is 78.0 cm³/mol. The lowest BCUT2D eigenvalue weighted by Gasteiger charge is -2.06. The molecule has 5 heteroatoms. The monoisotopic (exact) mass is 257 g/mol. The number of nitrogens with two attached hydrogens (primary N) is 1. The van der Waals surface area contributed by atoms with Crippen LogP contribution in [0.5, 0.6) is 0 Å². The van der Waals surface area contributed by atoms with E-state index in [4.69, 9.17) is 5.73 Å². The minimum Gasteiger partial charge on any atom is -0.370 e. The molecule has 0 saturated carbocycles. The van der Waals surface area contributed by atoms with Crippen LogP contribution in [0.15, 0.2) is 41.7 Å². The quantitative estimate of drug-likeness (QED) is 0.651. The van der Waals surface area contributed by atoms with Gasteiger partial charge in [-0.2, -0.15) is 0 Å². The minimum absolute atomic E-state index is 0.399. The summed E-state index contributed by atoms with van der Waals surface area (Å²) in [4.78, 5) is 8.55. The Labute approximate surface area is 113 Å². The second kappa shape index (κ2) is 6.04. The van der Waals surface area contributed by atoms with Crippen LogP contribution in [0.3, 0.4) is 0 Å². The number of nitrogens with one attached hydrogen (secondary N) is 1. The maximum Gasteiger partial charge on any atom is 0.193 e. The average Bonchev–Trinajstić information content (AvgIpc) is 2.83. The molecule has 1 aromatic carbocycles. The summed E-state index contributed by atoms with van der Waals surface area (Å²) in [7, 11) is 0. The molecule has 0 radical (unpaired) electrons. The molecule has 100 valence electrons. The Balaban J connectivity index is 2.00. The molecule has 0 atom stereocenters. The third kappa shape index (κ3) is 3.58. The third-order valence-electron chi connectivity index (χ3n) is 2.82. The highest BCUT2D eigenvalue weighted by atomic mass is 15.1. The molecule has 0 spiro atoms. The summed E-state index contributed by atoms with van der Waals surface area (Å²) in [6.07, 6.45) is 3.72. The lowest BCUT2D eigenvalue weighted by Crippen LogP contribution is -2.22. The first-order valence-corrected chi connectivity index (χ1v) is 6.32. The van der Waals surface area contributed by atoms with Crippen molar-refractivity contribution in [3.05, 3.63) is 48.0 Å². The van der Waals surface area contributed by atoms with E-state index < -0.39 is 0 Å². The zero-order valence-electron chi connectivity index (χ0n) is 11.3. The van der Waals surface area contributed by atoms with Gasteiger partial charge >= 0.3 is 0 Å². The first kappa shape index (κ1) is 13.1. The van der Waals surface area contributed by atoms with Crippen molar-refractivity contribution < 1.29 is 0 Å². The third-order valence-corrected chi connectivity index (χ3v) is 2.82. The molecule has 0 aliphatic heterocycles. The Morgan fingerprint density at radius 1 is 1.47 bits per heavy atom. The average molecular weight is 257 g/mol. The van der Waals surface area contributed by atoms with Crippen LogP contribution in [0.2, 0.25) is 0 Å². The van der Waals surface area contributed by atoms with Crippen molar-refractivity contribution in [2.45, 2.75) is 26.9 Å². The van der Waals surface area contributed by atoms with Crippen LogP contribution in [-0.2, 0) is 13.1 Å². The van der Waals surface area contributed by atoms with E-state index in [0.29, 0.717) is 12.5 Å². The minimum atomic E-state index is 0.399. The molecule has 2 rings (SSSR count). The molecular weight excluding hydrogens is 238 g/mol. The number of nitrogens with zero attached hydrogens (tertiary/aromatic N) is 3. The van der Waals surface area contributed by atoms with Crippen molar-refractivity contribution >= 4 is 11.6 Å². The Kier molecular flexibility index (Phi) is 4.18. The molecule has 19 heavy (non-hydrogen) atoms. The Morgan fingerprint density at radius 3 is 3.05 bits per heavy atom. The molecule has 0 aliphatic carbocycles. The summed E-state index contributed by atoms with van der Waals surface area (Å²) in [5.74, 6) is 1.31. The van der Waals surface area contributed by atoms with E-state index in [9.17, 15) is 0 Å². The van der Waals surface area contributed by atoms with E-state index >= 15 is 0 Å². The number of hydrogen-bond donors (Lipinski definition) is 2. The summed E-state index contributed by atoms with van der Waals surface area (Å²) in [5.41, 5.74) is 7.99. The molecule has 0 aliphatic rings. The van der Waals surface area contributed by atoms with Crippen LogP contribution < -0.4 is 11.1 Å². The van der Waals surface area contributed by atoms with E-state index in [0.717, 1.165) is 18.1 Å². The fourth-order valence-electron chi connectivity index (χ4n) is 1.85. The predicted octanol–water partition coefficient (Wildman–Crippen LogP) is 2.14. The molecule has 0 unspecified atom stereocenters. The zero-order valence-corrected chi connectivity index (χ0v) is 11.3. The fourth-order valence-corrected chi connectivity index (χ4v) is 1.85. The lowest BCUT2D eigenvalue weighted by molar-refractivity contribution is 0.699. The van der Waals surface area contributed by atoms with E-state index in [2.05, 4.69) is 22.2 Å². The number of benzene rings is 1. The lowest BCUT2D eigenvalue weighted by atomic mass is 10.2. The summed E-state index contributed by atoms with van der Waals surface area (Å²) in [6, 6.07) is 8.00. The van der Waals surface area contributed by atoms with Gasteiger partial charge < -0.3 is 15.6 Å². The highest BCUT2D eigenvalue weighted by Crippen LogP contribution is 2.09. The molecule has 3 N–H and O–H groups in total. The SMILES string of the molecule is CCn1ccnc1CN=C(N)Nc1cccc(C)c1. The topological polar surface area (TPSA) is 68.2 Å². The van der Waals surface area contributed by atoms with Crippen molar-refractivity contribution in [1.29, 1.82) is 0 Å². The molecular formula is C14H19N5. The largest absolute Gasteiger partial charge is 0.370 e. The van der Waals surface area contributed by atoms with E-state index in [-0.39, 0.29) is 0 Å². The number of anilines is 1. The van der Waals surface area contributed by atoms with E-state index in [1.165, 1.54) is 5.56 Å². The van der Waals surface area contributed by atoms with Gasteiger partial charge in [0.2, 0.25) is 0 Å². The van der Waals surface area contributed by atoms with Crippen molar-refractivity contribution in [2.24, 2.45) is 10.7 Å². The van der Waals surface area contributed by atoms with Gasteiger partial charge in [0.1, 0.15) is 12.4 Å². The number of rotatable bonds is 4. The van der Waals surface area contributed by atoms with Gasteiger partial charge in [-0.3, -0.25) is 0 Å². The molecule has 0 bridgehead atoms. The van der Waals surface area contributed by atoms with E-state index in [1.807, 2.05) is 42.0 Å². The summed E-state index contributed by atoms with van der Waals surface area (Å²) in [6.45, 7) is 5.47. The van der Waals surface area contributed by atoms with Gasteiger partial charge in [0, 0.05) is 24.6 Å². The van der Waals surface area contributed by atoms with Crippen molar-refractivity contribution in [3.63, 3.8) is 0 Å². The normalized spacial score (nSPS) is 11.6. The number of imidazole rings is 1. The first-order valence-electron chi connectivity index (χ1n) is 6.32. The van der Waals surface area contributed by atoms with Gasteiger partial charge in [-0.15, -0.1) is 0 Å². The smallest absolute Gasteiger partial charge is 0.193 e. The molecule has 1 aromatic heterocycles. The fraction of sp³-hybridized carbons (Fsp3) is 0.286. The maximum atomic E-state index is 5.87. The summed E-state index contributed by atoms with van der Waals surface area (Å²) < 4.78 is 2.05. The van der Waals surface area contributed by atoms with Gasteiger partial charge in [0.05, 0.1) is 0 Å². The molecule has 0 amide bonds. The second-order valence-electron chi connectivity index (χ2n) is 4.33. The molecule has 0 fully saturated rings. The summed E-state index contributed by atoms with van der Waals surface area (Å²) >= 11 is 0. The Hall–Kier alpha value is -2.30. The highest BCUT2D eigenvalue weighted by Gasteiger charge is 2.00. The van der Waals surface area contributed by atoms with Gasteiger partial charge in [-0.05, 0) is 31.5 Å². The van der Waals surface area contributed by atoms with Crippen LogP contribution in [-0.4, -0.2) is 15.5 Å². The Bertz CT molecular complexity index is 571. The van der Waals surface area contributed by atoms with Gasteiger partial charge in [0.15, 0.2) is 5.96 Å². The molecule has 2 aromatic rings. The van der Waals surface area contributed by atoms with Gasteiger partial charge in [-0.25, -0.2) is 9.98 Å². The van der Waals surface area contributed by atoms with Crippen molar-refractivity contribution in [1.82, 2.24) is 9.55 Å². The summed E-state index contributed by atoms with van der Waals surface area (Å²) in [5, 5.41) is 3.07. The van der Waals surface area contributed by atoms with Crippen LogP contribution in [0.4, 0.5) is 5.69 Å². The van der Waals surface area contributed by atoms with Crippen LogP contribution in [0.25, 0.3) is 0 Å². The molecule has 5 nitrogen and oxygen atoms in total. The number of aryl methyl sites for hydroxylation is 2. The van der Waals surface area contributed by atoms with Crippen LogP contribution >= 0.6 is 0 Å². The second-order valence-corrected chi connectivity index (χ2v) is 4.33. The number of guanidine groups is 1. The first-order chi connectivity index (χ1) is 9.19. The van der Waals surface area contributed by atoms with Crippen LogP contribution in [0, 0.1) is 6.92 Å². The van der Waals surface area contributed by atoms with Gasteiger partial charge in [0.25, 0.3) is 0 Å². The molecule has 0 saturated heterocycles.